The van der Waals surface area contributed by atoms with Gasteiger partial charge in [0.15, 0.2) is 0 Å². The predicted octanol–water partition coefficient (Wildman–Crippen LogP) is 3.13. The lowest BCUT2D eigenvalue weighted by molar-refractivity contribution is -0.127. The molecule has 0 saturated carbocycles. The highest BCUT2D eigenvalue weighted by Crippen LogP contribution is 2.22. The van der Waals surface area contributed by atoms with Gasteiger partial charge in [-0.2, -0.15) is 0 Å². The first-order chi connectivity index (χ1) is 14.5. The number of benzene rings is 2. The molecule has 2 aliphatic rings. The molecule has 0 spiro atoms. The topological polar surface area (TPSA) is 81.8 Å². The molecule has 0 aliphatic carbocycles. The van der Waals surface area contributed by atoms with Gasteiger partial charge in [0.25, 0.3) is 5.91 Å². The third-order valence-corrected chi connectivity index (χ3v) is 5.27. The van der Waals surface area contributed by atoms with Crippen molar-refractivity contribution < 1.29 is 14.4 Å². The molecule has 0 unspecified atom stereocenters. The summed E-state index contributed by atoms with van der Waals surface area (Å²) in [6.07, 6.45) is 4.05. The van der Waals surface area contributed by atoms with Crippen LogP contribution in [0.4, 0.5) is 16.2 Å². The fourth-order valence-corrected chi connectivity index (χ4v) is 3.62. The van der Waals surface area contributed by atoms with E-state index in [1.54, 1.807) is 18.2 Å². The number of carbonyl (C=O) groups is 3. The molecule has 7 nitrogen and oxygen atoms in total. The van der Waals surface area contributed by atoms with Crippen molar-refractivity contribution in [3.63, 3.8) is 0 Å². The lowest BCUT2D eigenvalue weighted by atomic mass is 10.1. The molecule has 30 heavy (non-hydrogen) atoms. The van der Waals surface area contributed by atoms with Crippen LogP contribution >= 0.6 is 0 Å². The van der Waals surface area contributed by atoms with Crippen molar-refractivity contribution in [3.8, 4) is 0 Å². The number of anilines is 2. The van der Waals surface area contributed by atoms with Gasteiger partial charge >= 0.3 is 6.03 Å². The van der Waals surface area contributed by atoms with Crippen LogP contribution in [-0.2, 0) is 9.59 Å². The van der Waals surface area contributed by atoms with Crippen LogP contribution in [0.5, 0.6) is 0 Å². The third-order valence-electron chi connectivity index (χ3n) is 5.27. The Labute approximate surface area is 175 Å². The van der Waals surface area contributed by atoms with Crippen molar-refractivity contribution in [1.29, 1.82) is 0 Å². The number of rotatable bonds is 5. The number of carbonyl (C=O) groups excluding carboxylic acids is 3. The first-order valence-electron chi connectivity index (χ1n) is 10.1. The van der Waals surface area contributed by atoms with Gasteiger partial charge in [0, 0.05) is 24.5 Å². The van der Waals surface area contributed by atoms with E-state index in [-0.39, 0.29) is 12.2 Å². The second kappa shape index (κ2) is 8.41. The van der Waals surface area contributed by atoms with Crippen molar-refractivity contribution >= 4 is 35.3 Å². The van der Waals surface area contributed by atoms with Gasteiger partial charge in [0.1, 0.15) is 12.2 Å². The molecule has 0 bridgehead atoms. The molecule has 0 radical (unpaired) electrons. The zero-order valence-corrected chi connectivity index (χ0v) is 16.9. The molecule has 2 N–H and O–H groups in total. The molecule has 2 fully saturated rings. The Balaban J connectivity index is 1.40. The second-order valence-corrected chi connectivity index (χ2v) is 7.58. The lowest BCUT2D eigenvalue weighted by Crippen LogP contribution is -2.38. The number of hydrogen-bond acceptors (Lipinski definition) is 4. The van der Waals surface area contributed by atoms with Crippen molar-refractivity contribution in [2.24, 2.45) is 0 Å². The normalized spacial score (nSPS) is 17.6. The maximum atomic E-state index is 12.6. The molecular weight excluding hydrogens is 380 g/mol. The average Bonchev–Trinajstić information content (AvgIpc) is 3.35. The van der Waals surface area contributed by atoms with Crippen molar-refractivity contribution in [1.82, 2.24) is 10.2 Å². The van der Waals surface area contributed by atoms with Gasteiger partial charge in [-0.1, -0.05) is 29.8 Å². The summed E-state index contributed by atoms with van der Waals surface area (Å²) in [6, 6.07) is 14.6. The largest absolute Gasteiger partial charge is 0.372 e. The van der Waals surface area contributed by atoms with Gasteiger partial charge in [-0.25, -0.2) is 9.69 Å². The van der Waals surface area contributed by atoms with E-state index < -0.39 is 17.8 Å². The Hall–Kier alpha value is -3.61. The van der Waals surface area contributed by atoms with Crippen LogP contribution in [0.2, 0.25) is 0 Å². The van der Waals surface area contributed by atoms with E-state index in [0.29, 0.717) is 5.69 Å². The number of aryl methyl sites for hydroxylation is 1. The van der Waals surface area contributed by atoms with Crippen LogP contribution in [0.3, 0.4) is 0 Å². The Morgan fingerprint density at radius 2 is 1.70 bits per heavy atom. The maximum absolute atomic E-state index is 12.6. The maximum Gasteiger partial charge on any atom is 0.329 e. The highest BCUT2D eigenvalue weighted by Gasteiger charge is 2.34. The Morgan fingerprint density at radius 1 is 1.03 bits per heavy atom. The molecule has 2 aliphatic heterocycles. The Kier molecular flexibility index (Phi) is 5.52. The fraction of sp³-hybridized carbons (Fsp3) is 0.261. The summed E-state index contributed by atoms with van der Waals surface area (Å²) in [6.45, 7) is 3.74. The SMILES string of the molecule is Cc1ccc(NC(=O)CN2C(=O)NC(=Cc3ccc(N4CCCC4)cc3)C2=O)cc1. The van der Waals surface area contributed by atoms with Gasteiger partial charge in [-0.05, 0) is 55.7 Å². The molecule has 2 saturated heterocycles. The van der Waals surface area contributed by atoms with Crippen LogP contribution in [0.15, 0.2) is 54.2 Å². The summed E-state index contributed by atoms with van der Waals surface area (Å²) < 4.78 is 0. The molecule has 2 aromatic carbocycles. The van der Waals surface area contributed by atoms with Crippen molar-refractivity contribution in [2.75, 3.05) is 29.9 Å². The van der Waals surface area contributed by atoms with Crippen molar-refractivity contribution in [2.45, 2.75) is 19.8 Å². The Bertz CT molecular complexity index is 990. The molecule has 2 heterocycles. The van der Waals surface area contributed by atoms with Gasteiger partial charge in [-0.15, -0.1) is 0 Å². The van der Waals surface area contributed by atoms with Gasteiger partial charge in [-0.3, -0.25) is 9.59 Å². The summed E-state index contributed by atoms with van der Waals surface area (Å²) in [5, 5.41) is 5.25. The highest BCUT2D eigenvalue weighted by molar-refractivity contribution is 6.15. The minimum atomic E-state index is -0.598. The number of amides is 4. The first kappa shape index (κ1) is 19.7. The van der Waals surface area contributed by atoms with E-state index in [2.05, 4.69) is 15.5 Å². The fourth-order valence-electron chi connectivity index (χ4n) is 3.62. The van der Waals surface area contributed by atoms with E-state index in [9.17, 15) is 14.4 Å². The molecule has 154 valence electrons. The van der Waals surface area contributed by atoms with Gasteiger partial charge < -0.3 is 15.5 Å². The predicted molar refractivity (Wildman–Crippen MR) is 116 cm³/mol. The highest BCUT2D eigenvalue weighted by atomic mass is 16.2. The van der Waals surface area contributed by atoms with E-state index in [1.165, 1.54) is 12.8 Å². The molecule has 0 atom stereocenters. The van der Waals surface area contributed by atoms with Crippen LogP contribution in [0.25, 0.3) is 6.08 Å². The van der Waals surface area contributed by atoms with Gasteiger partial charge in [0.2, 0.25) is 5.91 Å². The second-order valence-electron chi connectivity index (χ2n) is 7.58. The molecule has 4 amide bonds. The number of hydrogen-bond donors (Lipinski definition) is 2. The summed E-state index contributed by atoms with van der Waals surface area (Å²) in [7, 11) is 0. The van der Waals surface area contributed by atoms with Gasteiger partial charge in [0.05, 0.1) is 0 Å². The number of urea groups is 1. The zero-order chi connectivity index (χ0) is 21.1. The Morgan fingerprint density at radius 3 is 2.37 bits per heavy atom. The summed E-state index contributed by atoms with van der Waals surface area (Å²) in [5.41, 5.74) is 3.83. The minimum Gasteiger partial charge on any atom is -0.372 e. The third kappa shape index (κ3) is 4.35. The molecule has 0 aromatic heterocycles. The number of imide groups is 1. The number of nitrogens with zero attached hydrogens (tertiary/aromatic N) is 2. The molecule has 2 aromatic rings. The molecule has 7 heteroatoms. The summed E-state index contributed by atoms with van der Waals surface area (Å²) >= 11 is 0. The molecular formula is C23H24N4O3. The molecule has 4 rings (SSSR count). The van der Waals surface area contributed by atoms with Crippen molar-refractivity contribution in [3.05, 3.63) is 65.4 Å². The van der Waals surface area contributed by atoms with E-state index in [0.717, 1.165) is 34.8 Å². The first-order valence-corrected chi connectivity index (χ1v) is 10.1. The van der Waals surface area contributed by atoms with Crippen LogP contribution in [0.1, 0.15) is 24.0 Å². The van der Waals surface area contributed by atoms with Crippen LogP contribution < -0.4 is 15.5 Å². The standard InChI is InChI=1S/C23H24N4O3/c1-16-4-8-18(9-5-16)24-21(28)15-27-22(29)20(25-23(27)30)14-17-6-10-19(11-7-17)26-12-2-3-13-26/h4-11,14H,2-3,12-13,15H2,1H3,(H,24,28)(H,25,30). The zero-order valence-electron chi connectivity index (χ0n) is 16.9. The quantitative estimate of drug-likeness (QED) is 0.593. The van der Waals surface area contributed by atoms with E-state index >= 15 is 0 Å². The van der Waals surface area contributed by atoms with Crippen LogP contribution in [0, 0.1) is 6.92 Å². The minimum absolute atomic E-state index is 0.164. The monoisotopic (exact) mass is 404 g/mol. The van der Waals surface area contributed by atoms with Crippen LogP contribution in [-0.4, -0.2) is 42.4 Å². The lowest BCUT2D eigenvalue weighted by Gasteiger charge is -2.17. The number of nitrogens with one attached hydrogen (secondary N) is 2. The summed E-state index contributed by atoms with van der Waals surface area (Å²) in [4.78, 5) is 40.3. The smallest absolute Gasteiger partial charge is 0.329 e. The summed E-state index contributed by atoms with van der Waals surface area (Å²) in [5.74, 6) is -0.943. The van der Waals surface area contributed by atoms with E-state index in [4.69, 9.17) is 0 Å². The van der Waals surface area contributed by atoms with E-state index in [1.807, 2.05) is 43.3 Å². The average molecular weight is 404 g/mol.